The Morgan fingerprint density at radius 2 is 1.72 bits per heavy atom. The van der Waals surface area contributed by atoms with E-state index >= 15 is 0 Å². The van der Waals surface area contributed by atoms with Crippen LogP contribution in [-0.2, 0) is 16.4 Å². The molecule has 0 radical (unpaired) electrons. The van der Waals surface area contributed by atoms with Crippen LogP contribution >= 0.6 is 11.3 Å². The van der Waals surface area contributed by atoms with Crippen molar-refractivity contribution in [3.8, 4) is 0 Å². The molecule has 2 heterocycles. The second-order valence-corrected chi connectivity index (χ2v) is 10.6. The molecule has 0 amide bonds. The smallest absolute Gasteiger partial charge is 0.269 e. The first-order valence-corrected chi connectivity index (χ1v) is 12.6. The van der Waals surface area contributed by atoms with Crippen molar-refractivity contribution < 1.29 is 13.3 Å². The van der Waals surface area contributed by atoms with Gasteiger partial charge >= 0.3 is 0 Å². The lowest BCUT2D eigenvalue weighted by Crippen LogP contribution is -2.48. The minimum Gasteiger partial charge on any atom is -0.345 e. The Kier molecular flexibility index (Phi) is 6.27. The van der Waals surface area contributed by atoms with Crippen molar-refractivity contribution in [2.45, 2.75) is 25.2 Å². The fraction of sp³-hybridized carbons (Fsp3) is 0.318. The number of aromatic nitrogens is 1. The summed E-state index contributed by atoms with van der Waals surface area (Å²) in [5, 5.41) is 13.8. The van der Waals surface area contributed by atoms with E-state index < -0.39 is 14.9 Å². The highest BCUT2D eigenvalue weighted by Crippen LogP contribution is 2.26. The molecular weight excluding hydrogens is 448 g/mol. The molecule has 2 aromatic carbocycles. The predicted molar refractivity (Wildman–Crippen MR) is 125 cm³/mol. The Morgan fingerprint density at radius 1 is 1.03 bits per heavy atom. The zero-order chi connectivity index (χ0) is 22.9. The summed E-state index contributed by atoms with van der Waals surface area (Å²) in [6.45, 7) is 5.97. The van der Waals surface area contributed by atoms with Crippen LogP contribution < -0.4 is 4.90 Å². The van der Waals surface area contributed by atoms with Crippen LogP contribution in [0, 0.1) is 24.0 Å². The van der Waals surface area contributed by atoms with Crippen LogP contribution in [0.15, 0.2) is 52.7 Å². The Labute approximate surface area is 191 Å². The molecule has 0 aliphatic carbocycles. The minimum atomic E-state index is -3.69. The summed E-state index contributed by atoms with van der Waals surface area (Å²) in [5.74, 6) is 0. The van der Waals surface area contributed by atoms with Gasteiger partial charge in [-0.2, -0.15) is 4.31 Å². The number of aryl methyl sites for hydroxylation is 2. The second-order valence-electron chi connectivity index (χ2n) is 7.86. The van der Waals surface area contributed by atoms with Crippen molar-refractivity contribution in [2.75, 3.05) is 31.1 Å². The van der Waals surface area contributed by atoms with Crippen LogP contribution in [0.3, 0.4) is 0 Å². The van der Waals surface area contributed by atoms with Crippen molar-refractivity contribution in [2.24, 2.45) is 0 Å². The van der Waals surface area contributed by atoms with Crippen molar-refractivity contribution in [3.05, 3.63) is 80.3 Å². The Hall–Kier alpha value is -2.82. The van der Waals surface area contributed by atoms with Crippen LogP contribution in [0.1, 0.15) is 22.4 Å². The van der Waals surface area contributed by atoms with Gasteiger partial charge in [0.25, 0.3) is 5.69 Å². The highest BCUT2D eigenvalue weighted by Gasteiger charge is 2.29. The van der Waals surface area contributed by atoms with E-state index in [1.165, 1.54) is 45.3 Å². The number of hydrogen-bond donors (Lipinski definition) is 0. The normalized spacial score (nSPS) is 15.1. The predicted octanol–water partition coefficient (Wildman–Crippen LogP) is 3.77. The molecule has 1 fully saturated rings. The van der Waals surface area contributed by atoms with Crippen molar-refractivity contribution in [1.82, 2.24) is 9.29 Å². The molecule has 1 aliphatic rings. The number of piperazine rings is 1. The van der Waals surface area contributed by atoms with E-state index in [-0.39, 0.29) is 10.6 Å². The number of benzene rings is 2. The van der Waals surface area contributed by atoms with Gasteiger partial charge in [0, 0.05) is 50.1 Å². The lowest BCUT2D eigenvalue weighted by atomic mass is 10.0. The zero-order valence-electron chi connectivity index (χ0n) is 17.9. The maximum atomic E-state index is 12.9. The van der Waals surface area contributed by atoms with Gasteiger partial charge in [-0.25, -0.2) is 13.4 Å². The first-order chi connectivity index (χ1) is 15.2. The number of nitro benzene ring substituents is 1. The molecule has 0 bridgehead atoms. The van der Waals surface area contributed by atoms with E-state index in [0.717, 1.165) is 17.2 Å². The van der Waals surface area contributed by atoms with Gasteiger partial charge in [0.05, 0.1) is 15.5 Å². The summed E-state index contributed by atoms with van der Waals surface area (Å²) in [5.41, 5.74) is 4.64. The molecule has 32 heavy (non-hydrogen) atoms. The van der Waals surface area contributed by atoms with Crippen molar-refractivity contribution in [1.29, 1.82) is 0 Å². The average Bonchev–Trinajstić information content (AvgIpc) is 3.25. The van der Waals surface area contributed by atoms with Gasteiger partial charge in [0.2, 0.25) is 10.0 Å². The number of anilines is 1. The molecule has 0 N–H and O–H groups in total. The average molecular weight is 473 g/mol. The fourth-order valence-corrected chi connectivity index (χ4v) is 5.96. The molecule has 0 saturated carbocycles. The lowest BCUT2D eigenvalue weighted by molar-refractivity contribution is -0.384. The van der Waals surface area contributed by atoms with Crippen molar-refractivity contribution >= 4 is 32.2 Å². The molecule has 1 aliphatic heterocycles. The van der Waals surface area contributed by atoms with Gasteiger partial charge in [0.15, 0.2) is 5.13 Å². The molecule has 0 unspecified atom stereocenters. The fourth-order valence-electron chi connectivity index (χ4n) is 3.65. The maximum absolute atomic E-state index is 12.9. The third kappa shape index (κ3) is 4.67. The van der Waals surface area contributed by atoms with Crippen molar-refractivity contribution in [3.63, 3.8) is 0 Å². The summed E-state index contributed by atoms with van der Waals surface area (Å²) >= 11 is 1.58. The van der Waals surface area contributed by atoms with Gasteiger partial charge in [-0.1, -0.05) is 18.2 Å². The molecule has 0 spiro atoms. The van der Waals surface area contributed by atoms with Crippen LogP contribution in [0.4, 0.5) is 10.8 Å². The summed E-state index contributed by atoms with van der Waals surface area (Å²) in [6, 6.07) is 11.5. The van der Waals surface area contributed by atoms with Gasteiger partial charge < -0.3 is 4.90 Å². The summed E-state index contributed by atoms with van der Waals surface area (Å²) in [6.07, 6.45) is 0.770. The molecule has 8 nitrogen and oxygen atoms in total. The largest absolute Gasteiger partial charge is 0.345 e. The third-order valence-electron chi connectivity index (χ3n) is 5.69. The molecule has 4 rings (SSSR count). The molecule has 168 valence electrons. The Balaban J connectivity index is 1.39. The van der Waals surface area contributed by atoms with Gasteiger partial charge in [-0.3, -0.25) is 10.1 Å². The van der Waals surface area contributed by atoms with E-state index in [2.05, 4.69) is 42.3 Å². The SMILES string of the molecule is Cc1ccc(Cc2csc(N3CCN(S(=O)(=O)c4ccc([N+](=O)[O-])cc4)CC3)n2)cc1C. The second kappa shape index (κ2) is 8.97. The lowest BCUT2D eigenvalue weighted by Gasteiger charge is -2.33. The number of rotatable bonds is 6. The third-order valence-corrected chi connectivity index (χ3v) is 8.55. The Bertz CT molecular complexity index is 1230. The molecule has 10 heteroatoms. The number of nitro groups is 1. The summed E-state index contributed by atoms with van der Waals surface area (Å²) in [7, 11) is -3.69. The van der Waals surface area contributed by atoms with E-state index in [1.54, 1.807) is 11.3 Å². The summed E-state index contributed by atoms with van der Waals surface area (Å²) in [4.78, 5) is 17.2. The molecular formula is C22H24N4O4S2. The van der Waals surface area contributed by atoms with Gasteiger partial charge in [0.1, 0.15) is 0 Å². The van der Waals surface area contributed by atoms with E-state index in [1.807, 2.05) is 0 Å². The maximum Gasteiger partial charge on any atom is 0.269 e. The number of non-ortho nitro benzene ring substituents is 1. The number of sulfonamides is 1. The van der Waals surface area contributed by atoms with Crippen LogP contribution in [0.25, 0.3) is 0 Å². The topological polar surface area (TPSA) is 96.7 Å². The van der Waals surface area contributed by atoms with Gasteiger partial charge in [-0.15, -0.1) is 11.3 Å². The zero-order valence-corrected chi connectivity index (χ0v) is 19.5. The highest BCUT2D eigenvalue weighted by atomic mass is 32.2. The first kappa shape index (κ1) is 22.4. The monoisotopic (exact) mass is 472 g/mol. The van der Waals surface area contributed by atoms with Crippen LogP contribution in [0.2, 0.25) is 0 Å². The molecule has 0 atom stereocenters. The molecule has 1 aromatic heterocycles. The molecule has 1 saturated heterocycles. The quantitative estimate of drug-likeness (QED) is 0.400. The highest BCUT2D eigenvalue weighted by molar-refractivity contribution is 7.89. The van der Waals surface area contributed by atoms with E-state index in [0.29, 0.717) is 26.2 Å². The number of thiazole rings is 1. The van der Waals surface area contributed by atoms with Crippen LogP contribution in [0.5, 0.6) is 0 Å². The van der Waals surface area contributed by atoms with E-state index in [9.17, 15) is 18.5 Å². The minimum absolute atomic E-state index is 0.0708. The Morgan fingerprint density at radius 3 is 2.34 bits per heavy atom. The number of hydrogen-bond acceptors (Lipinski definition) is 7. The van der Waals surface area contributed by atoms with E-state index in [4.69, 9.17) is 4.98 Å². The molecule has 3 aromatic rings. The standard InChI is InChI=1S/C22H24N4O4S2/c1-16-3-4-18(13-17(16)2)14-19-15-31-22(23-19)24-9-11-25(12-10-24)32(29,30)21-7-5-20(6-8-21)26(27)28/h3-8,13,15H,9-12,14H2,1-2H3. The van der Waals surface area contributed by atoms with Gasteiger partial charge in [-0.05, 0) is 42.7 Å². The number of nitrogens with zero attached hydrogens (tertiary/aromatic N) is 4. The van der Waals surface area contributed by atoms with Crippen LogP contribution in [-0.4, -0.2) is 48.8 Å². The summed E-state index contributed by atoms with van der Waals surface area (Å²) < 4.78 is 27.2. The first-order valence-electron chi connectivity index (χ1n) is 10.2.